The number of hydrogen-bond acceptors (Lipinski definition) is 10. The number of halogens is 6. The van der Waals surface area contributed by atoms with Crippen molar-refractivity contribution in [3.63, 3.8) is 0 Å². The van der Waals surface area contributed by atoms with E-state index in [4.69, 9.17) is 9.47 Å². The lowest BCUT2D eigenvalue weighted by molar-refractivity contribution is -0.135. The quantitative estimate of drug-likeness (QED) is 0.188. The van der Waals surface area contributed by atoms with E-state index in [2.05, 4.69) is 8.47 Å². The molecule has 0 bridgehead atoms. The van der Waals surface area contributed by atoms with Gasteiger partial charge >= 0.3 is 31.3 Å². The van der Waals surface area contributed by atoms with Crippen molar-refractivity contribution in [1.29, 1.82) is 0 Å². The number of hydrogen-bond donors (Lipinski definition) is 0. The Morgan fingerprint density at radius 2 is 1.34 bits per heavy atom. The van der Waals surface area contributed by atoms with Crippen molar-refractivity contribution in [3.8, 4) is 0 Å². The number of hydroxylamine groups is 1. The highest BCUT2D eigenvalue weighted by molar-refractivity contribution is 7.87. The Balaban J connectivity index is 0.000000320. The summed E-state index contributed by atoms with van der Waals surface area (Å²) in [6, 6.07) is 7.53. The Morgan fingerprint density at radius 3 is 1.76 bits per heavy atom. The lowest BCUT2D eigenvalue weighted by atomic mass is 9.97. The number of ketones is 1. The maximum absolute atomic E-state index is 12.0. The smallest absolute Gasteiger partial charge is 0.381 e. The number of benzene rings is 1. The largest absolute Gasteiger partial charge is 0.534 e. The van der Waals surface area contributed by atoms with E-state index in [1.165, 1.54) is 30.3 Å². The number of anilines is 1. The lowest BCUT2D eigenvalue weighted by Gasteiger charge is -2.29. The number of carbonyl (C=O) groups is 1. The SMILES string of the molecule is CC1(C)CC(=O)CCO1.CC1(C)CC(OS(=O)(=O)C(F)(F)F)=CCO1.CN(OS(=O)(=O)C(F)(F)F)c1ccccc1. The van der Waals surface area contributed by atoms with Crippen molar-refractivity contribution >= 4 is 31.7 Å². The average Bonchev–Trinajstić information content (AvgIpc) is 2.77. The summed E-state index contributed by atoms with van der Waals surface area (Å²) >= 11 is 0. The third kappa shape index (κ3) is 12.6. The van der Waals surface area contributed by atoms with Crippen molar-refractivity contribution in [2.45, 2.75) is 69.2 Å². The second-order valence-electron chi connectivity index (χ2n) is 9.78. The fraction of sp³-hybridized carbons (Fsp3) is 0.609. The molecule has 1 saturated heterocycles. The summed E-state index contributed by atoms with van der Waals surface area (Å²) in [6.07, 6.45) is 2.33. The van der Waals surface area contributed by atoms with Gasteiger partial charge in [0.25, 0.3) is 0 Å². The van der Waals surface area contributed by atoms with Gasteiger partial charge in [-0.1, -0.05) is 18.2 Å². The summed E-state index contributed by atoms with van der Waals surface area (Å²) in [7, 11) is -10.1. The molecule has 0 saturated carbocycles. The number of rotatable bonds is 5. The van der Waals surface area contributed by atoms with Gasteiger partial charge in [-0.05, 0) is 45.9 Å². The molecule has 0 N–H and O–H groups in total. The van der Waals surface area contributed by atoms with Crippen molar-refractivity contribution in [2.24, 2.45) is 0 Å². The van der Waals surface area contributed by atoms with E-state index in [-0.39, 0.29) is 30.1 Å². The zero-order valence-corrected chi connectivity index (χ0v) is 24.3. The van der Waals surface area contributed by atoms with Crippen LogP contribution in [0, 0.1) is 0 Å². The molecule has 0 unspecified atom stereocenters. The molecule has 0 amide bonds. The average molecular weight is 644 g/mol. The third-order valence-corrected chi connectivity index (χ3v) is 6.98. The van der Waals surface area contributed by atoms with Crippen LogP contribution in [0.4, 0.5) is 32.0 Å². The van der Waals surface area contributed by atoms with Gasteiger partial charge in [0, 0.05) is 26.3 Å². The first-order chi connectivity index (χ1) is 18.4. The molecule has 41 heavy (non-hydrogen) atoms. The Hall–Kier alpha value is -2.41. The van der Waals surface area contributed by atoms with Crippen LogP contribution >= 0.6 is 0 Å². The summed E-state index contributed by atoms with van der Waals surface area (Å²) in [5.41, 5.74) is -11.6. The molecule has 2 aliphatic rings. The van der Waals surface area contributed by atoms with E-state index >= 15 is 0 Å². The van der Waals surface area contributed by atoms with Crippen LogP contribution in [0.5, 0.6) is 0 Å². The van der Waals surface area contributed by atoms with Crippen LogP contribution in [0.2, 0.25) is 0 Å². The van der Waals surface area contributed by atoms with Crippen LogP contribution in [-0.2, 0) is 43.0 Å². The van der Waals surface area contributed by atoms with Gasteiger partial charge in [0.1, 0.15) is 11.5 Å². The predicted molar refractivity (Wildman–Crippen MR) is 134 cm³/mol. The van der Waals surface area contributed by atoms with Gasteiger partial charge in [0.2, 0.25) is 0 Å². The first kappa shape index (κ1) is 36.6. The highest BCUT2D eigenvalue weighted by Gasteiger charge is 2.50. The number of alkyl halides is 6. The Kier molecular flexibility index (Phi) is 12.2. The van der Waals surface area contributed by atoms with Crippen LogP contribution in [0.1, 0.15) is 47.0 Å². The van der Waals surface area contributed by atoms with Crippen molar-refractivity contribution in [3.05, 3.63) is 42.2 Å². The number of Topliss-reactive ketones (excluding diaryl/α,β-unsaturated/α-hetero) is 1. The monoisotopic (exact) mass is 643 g/mol. The highest BCUT2D eigenvalue weighted by atomic mass is 32.2. The maximum Gasteiger partial charge on any atom is 0.534 e. The van der Waals surface area contributed by atoms with Gasteiger partial charge in [-0.2, -0.15) is 43.2 Å². The summed E-state index contributed by atoms with van der Waals surface area (Å²) in [6.45, 7) is 7.78. The molecule has 2 heterocycles. The Labute approximate surface area is 234 Å². The van der Waals surface area contributed by atoms with Crippen molar-refractivity contribution < 1.29 is 65.9 Å². The zero-order chi connectivity index (χ0) is 31.9. The minimum Gasteiger partial charge on any atom is -0.381 e. The molecular weight excluding hydrogens is 612 g/mol. The van der Waals surface area contributed by atoms with Crippen LogP contribution in [-0.4, -0.2) is 65.1 Å². The number of para-hydroxylation sites is 1. The minimum atomic E-state index is -5.62. The molecule has 236 valence electrons. The van der Waals surface area contributed by atoms with E-state index in [1.807, 2.05) is 13.8 Å². The Morgan fingerprint density at radius 1 is 0.829 bits per heavy atom. The molecule has 0 atom stereocenters. The molecule has 0 aliphatic carbocycles. The minimum absolute atomic E-state index is 0.0235. The van der Waals surface area contributed by atoms with E-state index in [0.717, 1.165) is 7.05 Å². The summed E-state index contributed by atoms with van der Waals surface area (Å²) in [5.74, 6) is 0.0832. The first-order valence-corrected chi connectivity index (χ1v) is 14.5. The standard InChI is InChI=1S/C8H8F3NO3S.C8H11F3O4S.C7H12O2/c1-12(7-5-3-2-4-6-7)15-16(13,14)8(9,10)11;1-7(2)5-6(3-4-14-7)15-16(12,13)8(9,10)11;1-7(2)5-6(8)3-4-9-7/h2-6H,1H3;3H,4-5H2,1-2H3;3-5H2,1-2H3. The van der Waals surface area contributed by atoms with Crippen molar-refractivity contribution in [1.82, 2.24) is 0 Å². The fourth-order valence-corrected chi connectivity index (χ4v) is 4.05. The molecule has 1 aromatic rings. The second kappa shape index (κ2) is 13.7. The third-order valence-electron chi connectivity index (χ3n) is 5.00. The van der Waals surface area contributed by atoms with E-state index < -0.39 is 36.9 Å². The van der Waals surface area contributed by atoms with Gasteiger partial charge in [0.05, 0.1) is 30.1 Å². The van der Waals surface area contributed by atoms with Crippen LogP contribution in [0.3, 0.4) is 0 Å². The first-order valence-electron chi connectivity index (χ1n) is 11.7. The number of carbonyl (C=O) groups excluding carboxylic acids is 1. The summed E-state index contributed by atoms with van der Waals surface area (Å²) in [5, 5.41) is 0.531. The normalized spacial score (nSPS) is 19.0. The molecule has 18 heteroatoms. The van der Waals surface area contributed by atoms with Gasteiger partial charge in [-0.15, -0.1) is 4.28 Å². The van der Waals surface area contributed by atoms with Gasteiger partial charge < -0.3 is 13.7 Å². The van der Waals surface area contributed by atoms with Gasteiger partial charge in [-0.3, -0.25) is 4.79 Å². The number of ether oxygens (including phenoxy) is 2. The molecule has 0 radical (unpaired) electrons. The highest BCUT2D eigenvalue weighted by Crippen LogP contribution is 2.32. The van der Waals surface area contributed by atoms with Gasteiger partial charge in [-0.25, -0.2) is 5.06 Å². The van der Waals surface area contributed by atoms with Crippen LogP contribution < -0.4 is 5.06 Å². The topological polar surface area (TPSA) is 126 Å². The van der Waals surface area contributed by atoms with Crippen molar-refractivity contribution in [2.75, 3.05) is 25.3 Å². The molecule has 1 fully saturated rings. The number of nitrogens with zero attached hydrogens (tertiary/aromatic N) is 1. The summed E-state index contributed by atoms with van der Waals surface area (Å²) in [4.78, 5) is 10.8. The van der Waals surface area contributed by atoms with Gasteiger partial charge in [0.15, 0.2) is 0 Å². The van der Waals surface area contributed by atoms with E-state index in [9.17, 15) is 48.0 Å². The Bertz CT molecular complexity index is 1260. The lowest BCUT2D eigenvalue weighted by Crippen LogP contribution is -2.33. The fourth-order valence-electron chi connectivity index (χ4n) is 3.08. The molecule has 10 nitrogen and oxygen atoms in total. The molecule has 0 spiro atoms. The van der Waals surface area contributed by atoms with Crippen LogP contribution in [0.25, 0.3) is 0 Å². The molecule has 2 aliphatic heterocycles. The molecular formula is C23H31F6NO9S2. The molecule has 3 rings (SSSR count). The molecule has 0 aromatic heterocycles. The van der Waals surface area contributed by atoms with Crippen LogP contribution in [0.15, 0.2) is 42.2 Å². The van der Waals surface area contributed by atoms with E-state index in [0.29, 0.717) is 30.3 Å². The maximum atomic E-state index is 12.0. The second-order valence-corrected chi connectivity index (χ2v) is 12.8. The van der Waals surface area contributed by atoms with E-state index in [1.54, 1.807) is 19.9 Å². The summed E-state index contributed by atoms with van der Waals surface area (Å²) < 4.78 is 133. The molecule has 1 aromatic carbocycles. The predicted octanol–water partition coefficient (Wildman–Crippen LogP) is 4.98. The zero-order valence-electron chi connectivity index (χ0n) is 22.7.